The number of fused-ring (bicyclic) bond motifs is 1. The summed E-state index contributed by atoms with van der Waals surface area (Å²) in [4.78, 5) is 14.0. The van der Waals surface area contributed by atoms with E-state index >= 15 is 0 Å². The quantitative estimate of drug-likeness (QED) is 0.887. The molecule has 0 spiro atoms. The lowest BCUT2D eigenvalue weighted by Crippen LogP contribution is -2.36. The third-order valence-electron chi connectivity index (χ3n) is 4.10. The molecule has 1 aliphatic heterocycles. The van der Waals surface area contributed by atoms with Gasteiger partial charge in [-0.2, -0.15) is 0 Å². The summed E-state index contributed by atoms with van der Waals surface area (Å²) >= 11 is 0. The van der Waals surface area contributed by atoms with Crippen LogP contribution < -0.4 is 5.32 Å². The molecule has 3 heterocycles. The van der Waals surface area contributed by atoms with Gasteiger partial charge in [0.25, 0.3) is 0 Å². The molecule has 3 rings (SSSR count). The van der Waals surface area contributed by atoms with Crippen molar-refractivity contribution in [3.8, 4) is 0 Å². The first-order valence-corrected chi connectivity index (χ1v) is 9.45. The Kier molecular flexibility index (Phi) is 4.20. The lowest BCUT2D eigenvalue weighted by Gasteiger charge is -2.20. The largest absolute Gasteiger partial charge is 0.324 e. The van der Waals surface area contributed by atoms with Gasteiger partial charge in [0, 0.05) is 25.5 Å². The summed E-state index contributed by atoms with van der Waals surface area (Å²) in [6, 6.07) is 5.19. The van der Waals surface area contributed by atoms with E-state index in [0.717, 1.165) is 0 Å². The van der Waals surface area contributed by atoms with Gasteiger partial charge in [0.05, 0.1) is 5.25 Å². The van der Waals surface area contributed by atoms with Gasteiger partial charge in [-0.15, -0.1) is 10.2 Å². The molecule has 0 aliphatic carbocycles. The van der Waals surface area contributed by atoms with Crippen molar-refractivity contribution in [3.63, 3.8) is 0 Å². The van der Waals surface area contributed by atoms with Crippen molar-refractivity contribution < 1.29 is 13.2 Å². The van der Waals surface area contributed by atoms with Crippen molar-refractivity contribution in [2.24, 2.45) is 0 Å². The molecule has 1 fully saturated rings. The van der Waals surface area contributed by atoms with Gasteiger partial charge in [-0.1, -0.05) is 6.07 Å². The zero-order valence-electron chi connectivity index (χ0n) is 12.8. The maximum absolute atomic E-state index is 12.4. The number of sulfone groups is 1. The first-order valence-electron chi connectivity index (χ1n) is 7.50. The van der Waals surface area contributed by atoms with E-state index in [9.17, 15) is 13.2 Å². The summed E-state index contributed by atoms with van der Waals surface area (Å²) in [7, 11) is -3.06. The molecular weight excluding hydrogens is 318 g/mol. The molecule has 0 aromatic carbocycles. The van der Waals surface area contributed by atoms with Gasteiger partial charge in [0.15, 0.2) is 5.65 Å². The van der Waals surface area contributed by atoms with E-state index in [1.807, 2.05) is 12.1 Å². The van der Waals surface area contributed by atoms with Crippen LogP contribution in [-0.2, 0) is 9.84 Å². The van der Waals surface area contributed by atoms with Crippen LogP contribution in [0.1, 0.15) is 19.3 Å². The van der Waals surface area contributed by atoms with Crippen molar-refractivity contribution in [3.05, 3.63) is 24.4 Å². The van der Waals surface area contributed by atoms with Crippen LogP contribution in [0, 0.1) is 0 Å². The van der Waals surface area contributed by atoms with Gasteiger partial charge in [0.2, 0.25) is 5.95 Å². The SMILES string of the molecule is CS(=O)(=O)C1CCCN(C(=O)Nc2nnc3ccccn23)CC1. The van der Waals surface area contributed by atoms with E-state index in [4.69, 9.17) is 0 Å². The highest BCUT2D eigenvalue weighted by atomic mass is 32.2. The normalized spacial score (nSPS) is 19.5. The molecule has 9 heteroatoms. The molecule has 1 N–H and O–H groups in total. The van der Waals surface area contributed by atoms with Crippen molar-refractivity contribution >= 4 is 27.5 Å². The van der Waals surface area contributed by atoms with Crippen LogP contribution in [0.5, 0.6) is 0 Å². The number of urea groups is 1. The topological polar surface area (TPSA) is 96.7 Å². The molecular formula is C14H19N5O3S. The molecule has 0 radical (unpaired) electrons. The minimum absolute atomic E-state index is 0.280. The fraction of sp³-hybridized carbons (Fsp3) is 0.500. The van der Waals surface area contributed by atoms with Crippen molar-refractivity contribution in [2.75, 3.05) is 24.7 Å². The number of carbonyl (C=O) groups excluding carboxylic acids is 1. The minimum atomic E-state index is -3.06. The van der Waals surface area contributed by atoms with Gasteiger partial charge in [-0.25, -0.2) is 13.2 Å². The summed E-state index contributed by atoms with van der Waals surface area (Å²) in [5.74, 6) is 0.356. The third-order valence-corrected chi connectivity index (χ3v) is 5.78. The zero-order chi connectivity index (χ0) is 16.4. The Bertz CT molecular complexity index is 817. The van der Waals surface area contributed by atoms with Crippen LogP contribution in [0.15, 0.2) is 24.4 Å². The Morgan fingerprint density at radius 2 is 2.09 bits per heavy atom. The van der Waals surface area contributed by atoms with Gasteiger partial charge in [-0.05, 0) is 31.4 Å². The first kappa shape index (κ1) is 15.7. The van der Waals surface area contributed by atoms with Gasteiger partial charge < -0.3 is 4.90 Å². The van der Waals surface area contributed by atoms with E-state index in [-0.39, 0.29) is 11.3 Å². The molecule has 1 unspecified atom stereocenters. The van der Waals surface area contributed by atoms with E-state index in [2.05, 4.69) is 15.5 Å². The molecule has 2 aromatic heterocycles. The number of aromatic nitrogens is 3. The summed E-state index contributed by atoms with van der Waals surface area (Å²) < 4.78 is 25.0. The number of hydrogen-bond acceptors (Lipinski definition) is 5. The van der Waals surface area contributed by atoms with Gasteiger partial charge in [0.1, 0.15) is 9.84 Å². The number of nitrogens with one attached hydrogen (secondary N) is 1. The third kappa shape index (κ3) is 3.44. The number of amides is 2. The first-order chi connectivity index (χ1) is 10.9. The van der Waals surface area contributed by atoms with Crippen LogP contribution in [-0.4, -0.2) is 58.5 Å². The number of nitrogens with zero attached hydrogens (tertiary/aromatic N) is 4. The summed E-state index contributed by atoms with van der Waals surface area (Å²) in [5.41, 5.74) is 0.649. The predicted molar refractivity (Wildman–Crippen MR) is 86.1 cm³/mol. The summed E-state index contributed by atoms with van der Waals surface area (Å²) in [6.45, 7) is 0.953. The van der Waals surface area contributed by atoms with Crippen LogP contribution in [0.4, 0.5) is 10.7 Å². The molecule has 0 saturated carbocycles. The predicted octanol–water partition coefficient (Wildman–Crippen LogP) is 1.16. The van der Waals surface area contributed by atoms with Crippen molar-refractivity contribution in [2.45, 2.75) is 24.5 Å². The van der Waals surface area contributed by atoms with Crippen LogP contribution >= 0.6 is 0 Å². The van der Waals surface area contributed by atoms with E-state index in [0.29, 0.717) is 43.9 Å². The smallest absolute Gasteiger partial charge is 0.324 e. The lowest BCUT2D eigenvalue weighted by molar-refractivity contribution is 0.213. The molecule has 2 amide bonds. The highest BCUT2D eigenvalue weighted by molar-refractivity contribution is 7.91. The number of pyridine rings is 1. The maximum atomic E-state index is 12.4. The van der Waals surface area contributed by atoms with E-state index < -0.39 is 9.84 Å². The summed E-state index contributed by atoms with van der Waals surface area (Å²) in [6.07, 6.45) is 4.76. The number of rotatable bonds is 2. The number of anilines is 1. The molecule has 23 heavy (non-hydrogen) atoms. The van der Waals surface area contributed by atoms with Crippen LogP contribution in [0.3, 0.4) is 0 Å². The molecule has 8 nitrogen and oxygen atoms in total. The number of likely N-dealkylation sites (tertiary alicyclic amines) is 1. The lowest BCUT2D eigenvalue weighted by atomic mass is 10.2. The molecule has 1 atom stereocenters. The van der Waals surface area contributed by atoms with Crippen molar-refractivity contribution in [1.82, 2.24) is 19.5 Å². The fourth-order valence-corrected chi connectivity index (χ4v) is 3.93. The second kappa shape index (κ2) is 6.15. The highest BCUT2D eigenvalue weighted by Gasteiger charge is 2.26. The van der Waals surface area contributed by atoms with Gasteiger partial charge in [-0.3, -0.25) is 9.72 Å². The molecule has 0 bridgehead atoms. The monoisotopic (exact) mass is 337 g/mol. The second-order valence-electron chi connectivity index (χ2n) is 5.75. The number of carbonyl (C=O) groups is 1. The molecule has 1 saturated heterocycles. The van der Waals surface area contributed by atoms with E-state index in [1.165, 1.54) is 6.26 Å². The highest BCUT2D eigenvalue weighted by Crippen LogP contribution is 2.18. The molecule has 124 valence electrons. The average molecular weight is 337 g/mol. The minimum Gasteiger partial charge on any atom is -0.324 e. The van der Waals surface area contributed by atoms with Crippen LogP contribution in [0.25, 0.3) is 5.65 Å². The van der Waals surface area contributed by atoms with Gasteiger partial charge >= 0.3 is 6.03 Å². The maximum Gasteiger partial charge on any atom is 0.324 e. The summed E-state index contributed by atoms with van der Waals surface area (Å²) in [5, 5.41) is 10.3. The Labute approximate surface area is 134 Å². The van der Waals surface area contributed by atoms with Crippen LogP contribution in [0.2, 0.25) is 0 Å². The Hall–Kier alpha value is -2.16. The Balaban J connectivity index is 1.69. The van der Waals surface area contributed by atoms with Crippen molar-refractivity contribution in [1.29, 1.82) is 0 Å². The molecule has 1 aliphatic rings. The molecule has 2 aromatic rings. The Morgan fingerprint density at radius 3 is 2.87 bits per heavy atom. The zero-order valence-corrected chi connectivity index (χ0v) is 13.7. The number of hydrogen-bond donors (Lipinski definition) is 1. The second-order valence-corrected chi connectivity index (χ2v) is 8.08. The fourth-order valence-electron chi connectivity index (χ4n) is 2.80. The van der Waals surface area contributed by atoms with E-state index in [1.54, 1.807) is 21.6 Å². The standard InChI is InChI=1S/C14H19N5O3S/c1-23(21,22)11-5-4-8-18(10-7-11)14(20)15-13-17-16-12-6-2-3-9-19(12)13/h2-3,6,9,11H,4-5,7-8,10H2,1H3,(H,15,17,20). The average Bonchev–Trinajstić information content (AvgIpc) is 2.74. The Morgan fingerprint density at radius 1 is 1.26 bits per heavy atom.